The van der Waals surface area contributed by atoms with Crippen LogP contribution in [0.2, 0.25) is 0 Å². The van der Waals surface area contributed by atoms with Gasteiger partial charge >= 0.3 is 0 Å². The van der Waals surface area contributed by atoms with Gasteiger partial charge in [0.05, 0.1) is 33.5 Å². The van der Waals surface area contributed by atoms with E-state index < -0.39 is 0 Å². The number of hydrogen-bond donors (Lipinski definition) is 1. The lowest BCUT2D eigenvalue weighted by Crippen LogP contribution is -2.32. The lowest BCUT2D eigenvalue weighted by molar-refractivity contribution is 0.0968. The zero-order valence-corrected chi connectivity index (χ0v) is 13.7. The normalized spacial score (nSPS) is 16.7. The SMILES string of the molecule is COc1cc2c(cc1OC)C(COCc1ccccc1)NCC2. The maximum Gasteiger partial charge on any atom is 0.161 e. The monoisotopic (exact) mass is 313 g/mol. The van der Waals surface area contributed by atoms with Gasteiger partial charge in [-0.05, 0) is 41.8 Å². The largest absolute Gasteiger partial charge is 0.493 e. The fraction of sp³-hybridized carbons (Fsp3) is 0.368. The average molecular weight is 313 g/mol. The molecule has 4 nitrogen and oxygen atoms in total. The number of nitrogens with one attached hydrogen (secondary N) is 1. The summed E-state index contributed by atoms with van der Waals surface area (Å²) in [6.07, 6.45) is 0.991. The summed E-state index contributed by atoms with van der Waals surface area (Å²) < 4.78 is 16.7. The first-order valence-corrected chi connectivity index (χ1v) is 7.91. The molecular formula is C19H23NO3. The first-order valence-electron chi connectivity index (χ1n) is 7.91. The first-order chi connectivity index (χ1) is 11.3. The summed E-state index contributed by atoms with van der Waals surface area (Å²) in [7, 11) is 3.34. The van der Waals surface area contributed by atoms with E-state index in [2.05, 4.69) is 29.6 Å². The Morgan fingerprint density at radius 3 is 2.52 bits per heavy atom. The van der Waals surface area contributed by atoms with Gasteiger partial charge in [-0.2, -0.15) is 0 Å². The van der Waals surface area contributed by atoms with Crippen LogP contribution in [0.4, 0.5) is 0 Å². The Kier molecular flexibility index (Phi) is 5.16. The van der Waals surface area contributed by atoms with Crippen LogP contribution in [0.15, 0.2) is 42.5 Å². The van der Waals surface area contributed by atoms with E-state index in [0.29, 0.717) is 13.2 Å². The van der Waals surface area contributed by atoms with Gasteiger partial charge in [-0.3, -0.25) is 0 Å². The smallest absolute Gasteiger partial charge is 0.161 e. The molecule has 4 heteroatoms. The van der Waals surface area contributed by atoms with Gasteiger partial charge in [0.25, 0.3) is 0 Å². The van der Waals surface area contributed by atoms with Crippen LogP contribution >= 0.6 is 0 Å². The molecular weight excluding hydrogens is 290 g/mol. The highest BCUT2D eigenvalue weighted by Gasteiger charge is 2.22. The molecule has 0 amide bonds. The molecule has 1 aliphatic heterocycles. The molecule has 3 rings (SSSR count). The molecule has 122 valence electrons. The van der Waals surface area contributed by atoms with Crippen molar-refractivity contribution in [2.24, 2.45) is 0 Å². The van der Waals surface area contributed by atoms with Crippen molar-refractivity contribution < 1.29 is 14.2 Å². The molecule has 0 saturated heterocycles. The van der Waals surface area contributed by atoms with Crippen molar-refractivity contribution in [3.63, 3.8) is 0 Å². The number of hydrogen-bond acceptors (Lipinski definition) is 4. The van der Waals surface area contributed by atoms with Crippen molar-refractivity contribution in [2.75, 3.05) is 27.4 Å². The van der Waals surface area contributed by atoms with Crippen molar-refractivity contribution in [2.45, 2.75) is 19.1 Å². The fourth-order valence-electron chi connectivity index (χ4n) is 2.99. The highest BCUT2D eigenvalue weighted by Crippen LogP contribution is 2.35. The standard InChI is InChI=1S/C19H23NO3/c1-21-18-10-15-8-9-20-17(16(15)11-19(18)22-2)13-23-12-14-6-4-3-5-7-14/h3-7,10-11,17,20H,8-9,12-13H2,1-2H3. The second kappa shape index (κ2) is 7.49. The number of benzene rings is 2. The molecule has 0 aliphatic carbocycles. The minimum Gasteiger partial charge on any atom is -0.493 e. The van der Waals surface area contributed by atoms with Crippen LogP contribution in [-0.2, 0) is 17.8 Å². The third-order valence-electron chi connectivity index (χ3n) is 4.20. The van der Waals surface area contributed by atoms with Gasteiger partial charge in [-0.15, -0.1) is 0 Å². The molecule has 0 radical (unpaired) electrons. The molecule has 0 saturated carbocycles. The van der Waals surface area contributed by atoms with Gasteiger partial charge in [-0.1, -0.05) is 30.3 Å². The summed E-state index contributed by atoms with van der Waals surface area (Å²) in [5.41, 5.74) is 3.73. The summed E-state index contributed by atoms with van der Waals surface area (Å²) in [6, 6.07) is 14.6. The predicted octanol–water partition coefficient (Wildman–Crippen LogP) is 3.11. The minimum atomic E-state index is 0.183. The Bertz CT molecular complexity index is 643. The molecule has 1 N–H and O–H groups in total. The van der Waals surface area contributed by atoms with E-state index >= 15 is 0 Å². The highest BCUT2D eigenvalue weighted by molar-refractivity contribution is 5.49. The number of methoxy groups -OCH3 is 2. The van der Waals surface area contributed by atoms with E-state index in [-0.39, 0.29) is 6.04 Å². The molecule has 0 aromatic heterocycles. The Labute approximate surface area is 137 Å². The molecule has 2 aromatic carbocycles. The lowest BCUT2D eigenvalue weighted by atomic mass is 9.94. The van der Waals surface area contributed by atoms with Gasteiger partial charge in [0, 0.05) is 0 Å². The maximum atomic E-state index is 5.91. The quantitative estimate of drug-likeness (QED) is 0.889. The molecule has 0 bridgehead atoms. The molecule has 1 aliphatic rings. The van der Waals surface area contributed by atoms with Crippen LogP contribution in [-0.4, -0.2) is 27.4 Å². The maximum absolute atomic E-state index is 5.91. The Morgan fingerprint density at radius 1 is 1.04 bits per heavy atom. The topological polar surface area (TPSA) is 39.7 Å². The van der Waals surface area contributed by atoms with Crippen LogP contribution in [0.5, 0.6) is 11.5 Å². The van der Waals surface area contributed by atoms with Gasteiger partial charge in [-0.25, -0.2) is 0 Å². The van der Waals surface area contributed by atoms with Crippen LogP contribution < -0.4 is 14.8 Å². The van der Waals surface area contributed by atoms with Gasteiger partial charge in [0.15, 0.2) is 11.5 Å². The van der Waals surface area contributed by atoms with Crippen LogP contribution in [0.3, 0.4) is 0 Å². The van der Waals surface area contributed by atoms with Crippen molar-refractivity contribution in [3.05, 3.63) is 59.2 Å². The zero-order chi connectivity index (χ0) is 16.1. The second-order valence-electron chi connectivity index (χ2n) is 5.66. The van der Waals surface area contributed by atoms with Crippen LogP contribution in [0.25, 0.3) is 0 Å². The Balaban J connectivity index is 1.70. The van der Waals surface area contributed by atoms with Gasteiger partial charge in [0.1, 0.15) is 0 Å². The first kappa shape index (κ1) is 15.8. The van der Waals surface area contributed by atoms with E-state index in [1.54, 1.807) is 14.2 Å². The van der Waals surface area contributed by atoms with Crippen LogP contribution in [0, 0.1) is 0 Å². The third kappa shape index (κ3) is 3.66. The molecule has 23 heavy (non-hydrogen) atoms. The molecule has 2 aromatic rings. The summed E-state index contributed by atoms with van der Waals surface area (Å²) in [5.74, 6) is 1.56. The molecule has 1 heterocycles. The highest BCUT2D eigenvalue weighted by atomic mass is 16.5. The third-order valence-corrected chi connectivity index (χ3v) is 4.20. The van der Waals surface area contributed by atoms with Crippen LogP contribution in [0.1, 0.15) is 22.7 Å². The number of ether oxygens (including phenoxy) is 3. The summed E-state index contributed by atoms with van der Waals surface area (Å²) >= 11 is 0. The Hall–Kier alpha value is -2.04. The fourth-order valence-corrected chi connectivity index (χ4v) is 2.99. The van der Waals surface area contributed by atoms with Gasteiger partial charge in [0.2, 0.25) is 0 Å². The molecule has 1 atom stereocenters. The van der Waals surface area contributed by atoms with Crippen molar-refractivity contribution in [3.8, 4) is 11.5 Å². The zero-order valence-electron chi connectivity index (χ0n) is 13.7. The molecule has 0 fully saturated rings. The molecule has 1 unspecified atom stereocenters. The lowest BCUT2D eigenvalue weighted by Gasteiger charge is -2.28. The average Bonchev–Trinajstić information content (AvgIpc) is 2.61. The van der Waals surface area contributed by atoms with E-state index in [1.165, 1.54) is 16.7 Å². The number of fused-ring (bicyclic) bond motifs is 1. The Morgan fingerprint density at radius 2 is 1.78 bits per heavy atom. The van der Waals surface area contributed by atoms with E-state index in [0.717, 1.165) is 24.5 Å². The summed E-state index contributed by atoms with van der Waals surface area (Å²) in [6.45, 7) is 2.21. The van der Waals surface area contributed by atoms with E-state index in [1.807, 2.05) is 18.2 Å². The van der Waals surface area contributed by atoms with Crippen molar-refractivity contribution in [1.82, 2.24) is 5.32 Å². The molecule has 0 spiro atoms. The van der Waals surface area contributed by atoms with Crippen molar-refractivity contribution in [1.29, 1.82) is 0 Å². The minimum absolute atomic E-state index is 0.183. The van der Waals surface area contributed by atoms with Crippen molar-refractivity contribution >= 4 is 0 Å². The number of rotatable bonds is 6. The summed E-state index contributed by atoms with van der Waals surface area (Å²) in [5, 5.41) is 3.53. The van der Waals surface area contributed by atoms with Gasteiger partial charge < -0.3 is 19.5 Å². The summed E-state index contributed by atoms with van der Waals surface area (Å²) in [4.78, 5) is 0. The van der Waals surface area contributed by atoms with E-state index in [9.17, 15) is 0 Å². The predicted molar refractivity (Wildman–Crippen MR) is 90.1 cm³/mol. The van der Waals surface area contributed by atoms with E-state index in [4.69, 9.17) is 14.2 Å². The second-order valence-corrected chi connectivity index (χ2v) is 5.66.